The SMILES string of the molecule is CCOc1ccc(C(=O)NC2CCCCC2)cc1Br. The van der Waals surface area contributed by atoms with Crippen LogP contribution in [0.1, 0.15) is 49.4 Å². The highest BCUT2D eigenvalue weighted by Crippen LogP contribution is 2.26. The lowest BCUT2D eigenvalue weighted by molar-refractivity contribution is 0.0927. The normalized spacial score (nSPS) is 16.1. The number of benzene rings is 1. The Bertz CT molecular complexity index is 442. The van der Waals surface area contributed by atoms with E-state index in [4.69, 9.17) is 4.74 Å². The molecule has 0 aliphatic heterocycles. The van der Waals surface area contributed by atoms with Gasteiger partial charge in [0.05, 0.1) is 11.1 Å². The molecule has 1 amide bonds. The number of hydrogen-bond acceptors (Lipinski definition) is 2. The molecule has 1 aromatic carbocycles. The van der Waals surface area contributed by atoms with Gasteiger partial charge in [-0.1, -0.05) is 19.3 Å². The highest BCUT2D eigenvalue weighted by Gasteiger charge is 2.17. The molecule has 1 aliphatic carbocycles. The number of rotatable bonds is 4. The Morgan fingerprint density at radius 3 is 2.74 bits per heavy atom. The lowest BCUT2D eigenvalue weighted by atomic mass is 9.95. The Morgan fingerprint density at radius 2 is 2.11 bits per heavy atom. The van der Waals surface area contributed by atoms with E-state index in [1.807, 2.05) is 25.1 Å². The van der Waals surface area contributed by atoms with Crippen LogP contribution in [0.5, 0.6) is 5.75 Å². The lowest BCUT2D eigenvalue weighted by Gasteiger charge is -2.22. The van der Waals surface area contributed by atoms with Crippen LogP contribution in [0.15, 0.2) is 22.7 Å². The molecule has 19 heavy (non-hydrogen) atoms. The first kappa shape index (κ1) is 14.4. The van der Waals surface area contributed by atoms with Crippen LogP contribution >= 0.6 is 15.9 Å². The van der Waals surface area contributed by atoms with Crippen LogP contribution in [-0.2, 0) is 0 Å². The maximum atomic E-state index is 12.2. The zero-order valence-electron chi connectivity index (χ0n) is 11.2. The van der Waals surface area contributed by atoms with Crippen LogP contribution in [-0.4, -0.2) is 18.6 Å². The van der Waals surface area contributed by atoms with Crippen molar-refractivity contribution >= 4 is 21.8 Å². The number of carbonyl (C=O) groups is 1. The average molecular weight is 326 g/mol. The molecule has 1 aliphatic rings. The second-order valence-electron chi connectivity index (χ2n) is 4.89. The van der Waals surface area contributed by atoms with Gasteiger partial charge in [0.15, 0.2) is 0 Å². The monoisotopic (exact) mass is 325 g/mol. The van der Waals surface area contributed by atoms with Crippen LogP contribution < -0.4 is 10.1 Å². The lowest BCUT2D eigenvalue weighted by Crippen LogP contribution is -2.36. The summed E-state index contributed by atoms with van der Waals surface area (Å²) in [7, 11) is 0. The van der Waals surface area contributed by atoms with E-state index < -0.39 is 0 Å². The summed E-state index contributed by atoms with van der Waals surface area (Å²) in [5.41, 5.74) is 0.681. The van der Waals surface area contributed by atoms with Gasteiger partial charge in [-0.25, -0.2) is 0 Å². The molecule has 4 heteroatoms. The standard InChI is InChI=1S/C15H20BrNO2/c1-2-19-14-9-8-11(10-13(14)16)15(18)17-12-6-4-3-5-7-12/h8-10,12H,2-7H2,1H3,(H,17,18). The molecule has 1 aromatic rings. The van der Waals surface area contributed by atoms with Gasteiger partial charge in [-0.05, 0) is 53.9 Å². The molecule has 1 fully saturated rings. The predicted molar refractivity (Wildman–Crippen MR) is 79.7 cm³/mol. The smallest absolute Gasteiger partial charge is 0.251 e. The van der Waals surface area contributed by atoms with Crippen molar-refractivity contribution in [2.24, 2.45) is 0 Å². The van der Waals surface area contributed by atoms with Crippen LogP contribution in [0.3, 0.4) is 0 Å². The van der Waals surface area contributed by atoms with Crippen molar-refractivity contribution in [2.75, 3.05) is 6.61 Å². The number of amides is 1. The van der Waals surface area contributed by atoms with E-state index in [0.29, 0.717) is 18.2 Å². The highest BCUT2D eigenvalue weighted by atomic mass is 79.9. The Kier molecular flexibility index (Phi) is 5.25. The molecule has 0 atom stereocenters. The third-order valence-corrected chi connectivity index (χ3v) is 4.05. The van der Waals surface area contributed by atoms with Crippen molar-refractivity contribution < 1.29 is 9.53 Å². The minimum absolute atomic E-state index is 0.00986. The van der Waals surface area contributed by atoms with E-state index >= 15 is 0 Å². The molecular weight excluding hydrogens is 306 g/mol. The highest BCUT2D eigenvalue weighted by molar-refractivity contribution is 9.10. The van der Waals surface area contributed by atoms with Crippen LogP contribution in [0.25, 0.3) is 0 Å². The summed E-state index contributed by atoms with van der Waals surface area (Å²) in [6.07, 6.45) is 5.94. The zero-order chi connectivity index (χ0) is 13.7. The summed E-state index contributed by atoms with van der Waals surface area (Å²) in [4.78, 5) is 12.2. The first-order valence-corrected chi connectivity index (χ1v) is 7.73. The third-order valence-electron chi connectivity index (χ3n) is 3.43. The molecule has 1 N–H and O–H groups in total. The van der Waals surface area contributed by atoms with Crippen molar-refractivity contribution in [2.45, 2.75) is 45.1 Å². The molecule has 0 saturated heterocycles. The maximum absolute atomic E-state index is 12.2. The van der Waals surface area contributed by atoms with E-state index in [-0.39, 0.29) is 5.91 Å². The van der Waals surface area contributed by atoms with Gasteiger partial charge in [0.1, 0.15) is 5.75 Å². The number of carbonyl (C=O) groups excluding carboxylic acids is 1. The molecule has 0 spiro atoms. The Morgan fingerprint density at radius 1 is 1.37 bits per heavy atom. The average Bonchev–Trinajstić information content (AvgIpc) is 2.42. The van der Waals surface area contributed by atoms with E-state index in [0.717, 1.165) is 23.1 Å². The minimum Gasteiger partial charge on any atom is -0.493 e. The largest absolute Gasteiger partial charge is 0.493 e. The number of nitrogens with one attached hydrogen (secondary N) is 1. The summed E-state index contributed by atoms with van der Waals surface area (Å²) in [5, 5.41) is 3.11. The van der Waals surface area contributed by atoms with E-state index in [1.165, 1.54) is 19.3 Å². The summed E-state index contributed by atoms with van der Waals surface area (Å²) in [5.74, 6) is 0.785. The maximum Gasteiger partial charge on any atom is 0.251 e. The second kappa shape index (κ2) is 6.94. The van der Waals surface area contributed by atoms with Gasteiger partial charge in [0.2, 0.25) is 0 Å². The van der Waals surface area contributed by atoms with Crippen molar-refractivity contribution in [1.82, 2.24) is 5.32 Å². The summed E-state index contributed by atoms with van der Waals surface area (Å²) < 4.78 is 6.27. The fourth-order valence-electron chi connectivity index (χ4n) is 2.43. The van der Waals surface area contributed by atoms with Gasteiger partial charge in [0, 0.05) is 11.6 Å². The molecule has 3 nitrogen and oxygen atoms in total. The van der Waals surface area contributed by atoms with Gasteiger partial charge < -0.3 is 10.1 Å². The van der Waals surface area contributed by atoms with Gasteiger partial charge >= 0.3 is 0 Å². The minimum atomic E-state index is 0.00986. The molecule has 104 valence electrons. The van der Waals surface area contributed by atoms with Gasteiger partial charge in [-0.2, -0.15) is 0 Å². The van der Waals surface area contributed by atoms with Gasteiger partial charge in [-0.15, -0.1) is 0 Å². The summed E-state index contributed by atoms with van der Waals surface area (Å²) in [6.45, 7) is 2.56. The fraction of sp³-hybridized carbons (Fsp3) is 0.533. The first-order chi connectivity index (χ1) is 9.20. The molecule has 0 heterocycles. The van der Waals surface area contributed by atoms with Gasteiger partial charge in [0.25, 0.3) is 5.91 Å². The molecule has 0 bridgehead atoms. The molecule has 0 aromatic heterocycles. The molecule has 0 radical (unpaired) electrons. The summed E-state index contributed by atoms with van der Waals surface area (Å²) in [6, 6.07) is 5.81. The van der Waals surface area contributed by atoms with Crippen LogP contribution in [0, 0.1) is 0 Å². The van der Waals surface area contributed by atoms with Crippen molar-refractivity contribution in [3.63, 3.8) is 0 Å². The zero-order valence-corrected chi connectivity index (χ0v) is 12.8. The Balaban J connectivity index is 2.00. The quantitative estimate of drug-likeness (QED) is 0.911. The topological polar surface area (TPSA) is 38.3 Å². The Hall–Kier alpha value is -1.03. The van der Waals surface area contributed by atoms with Crippen molar-refractivity contribution in [3.05, 3.63) is 28.2 Å². The van der Waals surface area contributed by atoms with Crippen molar-refractivity contribution in [1.29, 1.82) is 0 Å². The Labute approximate surface area is 122 Å². The predicted octanol–water partition coefficient (Wildman–Crippen LogP) is 3.91. The first-order valence-electron chi connectivity index (χ1n) is 6.94. The molecule has 2 rings (SSSR count). The molecule has 1 saturated carbocycles. The number of hydrogen-bond donors (Lipinski definition) is 1. The second-order valence-corrected chi connectivity index (χ2v) is 5.74. The van der Waals surface area contributed by atoms with E-state index in [2.05, 4.69) is 21.2 Å². The van der Waals surface area contributed by atoms with Gasteiger partial charge in [-0.3, -0.25) is 4.79 Å². The van der Waals surface area contributed by atoms with Crippen LogP contribution in [0.4, 0.5) is 0 Å². The number of halogens is 1. The van der Waals surface area contributed by atoms with E-state index in [1.54, 1.807) is 0 Å². The van der Waals surface area contributed by atoms with Crippen LogP contribution in [0.2, 0.25) is 0 Å². The third kappa shape index (κ3) is 3.96. The fourth-order valence-corrected chi connectivity index (χ4v) is 2.92. The molecular formula is C15H20BrNO2. The molecule has 0 unspecified atom stereocenters. The van der Waals surface area contributed by atoms with E-state index in [9.17, 15) is 4.79 Å². The number of ether oxygens (including phenoxy) is 1. The summed E-state index contributed by atoms with van der Waals surface area (Å²) >= 11 is 3.44. The van der Waals surface area contributed by atoms with Crippen molar-refractivity contribution in [3.8, 4) is 5.75 Å².